The zero-order valence-corrected chi connectivity index (χ0v) is 18.4. The number of phenolic OH excluding ortho intramolecular Hbond substituents is 1. The molecule has 1 aromatic carbocycles. The molecule has 31 heavy (non-hydrogen) atoms. The Morgan fingerprint density at radius 2 is 1.65 bits per heavy atom. The van der Waals surface area contributed by atoms with Crippen molar-refractivity contribution in [3.05, 3.63) is 29.8 Å². The van der Waals surface area contributed by atoms with Crippen molar-refractivity contribution in [2.24, 2.45) is 11.5 Å². The standard InChI is InChI=1S/C20H32N4O6S/c1-31(30)11-9-16(19(27)24-17(20(28)29)4-2-3-10-21)23-18(26)15(22)12-13-5-7-14(25)8-6-13/h5-8,15-17,25H,2-4,9-12,21-22H2,1H3,(H,23,26)(H,24,27)(H,28,29). The number of hydrogen-bond donors (Lipinski definition) is 6. The van der Waals surface area contributed by atoms with Crippen LogP contribution < -0.4 is 22.1 Å². The van der Waals surface area contributed by atoms with Gasteiger partial charge in [-0.3, -0.25) is 13.8 Å². The van der Waals surface area contributed by atoms with E-state index in [1.54, 1.807) is 12.1 Å². The summed E-state index contributed by atoms with van der Waals surface area (Å²) >= 11 is 0. The van der Waals surface area contributed by atoms with Gasteiger partial charge in [-0.2, -0.15) is 0 Å². The van der Waals surface area contributed by atoms with Crippen molar-refractivity contribution in [2.45, 2.75) is 50.2 Å². The number of amides is 2. The fourth-order valence-electron chi connectivity index (χ4n) is 2.83. The highest BCUT2D eigenvalue weighted by Crippen LogP contribution is 2.11. The minimum absolute atomic E-state index is 0.0712. The van der Waals surface area contributed by atoms with Crippen molar-refractivity contribution in [1.29, 1.82) is 0 Å². The summed E-state index contributed by atoms with van der Waals surface area (Å²) < 4.78 is 11.5. The molecule has 0 aromatic heterocycles. The van der Waals surface area contributed by atoms with Crippen LogP contribution in [0.1, 0.15) is 31.2 Å². The third-order valence-electron chi connectivity index (χ3n) is 4.62. The summed E-state index contributed by atoms with van der Waals surface area (Å²) in [6, 6.07) is 3.06. The second kappa shape index (κ2) is 13.7. The Balaban J connectivity index is 2.79. The number of hydrogen-bond acceptors (Lipinski definition) is 7. The number of carboxylic acids is 1. The predicted octanol–water partition coefficient (Wildman–Crippen LogP) is -0.786. The Morgan fingerprint density at radius 1 is 1.03 bits per heavy atom. The number of carbonyl (C=O) groups is 3. The van der Waals surface area contributed by atoms with Gasteiger partial charge < -0.3 is 32.3 Å². The Hall–Kier alpha value is -2.50. The van der Waals surface area contributed by atoms with Gasteiger partial charge in [-0.05, 0) is 56.3 Å². The number of aromatic hydroxyl groups is 1. The number of benzene rings is 1. The molecule has 0 bridgehead atoms. The lowest BCUT2D eigenvalue weighted by Crippen LogP contribution is -2.55. The highest BCUT2D eigenvalue weighted by molar-refractivity contribution is 7.84. The molecule has 0 aliphatic rings. The number of unbranched alkanes of at least 4 members (excludes halogenated alkanes) is 1. The monoisotopic (exact) mass is 456 g/mol. The zero-order valence-electron chi connectivity index (χ0n) is 17.6. The van der Waals surface area contributed by atoms with Gasteiger partial charge in [0.1, 0.15) is 17.8 Å². The molecule has 0 aliphatic heterocycles. The van der Waals surface area contributed by atoms with E-state index in [-0.39, 0.29) is 30.8 Å². The number of aliphatic carboxylic acids is 1. The topological polar surface area (TPSA) is 185 Å². The molecular weight excluding hydrogens is 424 g/mol. The van der Waals surface area contributed by atoms with E-state index in [1.807, 2.05) is 0 Å². The SMILES string of the molecule is CS(=O)CCC(NC(=O)C(N)Cc1ccc(O)cc1)C(=O)NC(CCCCN)C(=O)O. The molecule has 0 saturated carbocycles. The summed E-state index contributed by atoms with van der Waals surface area (Å²) in [6.07, 6.45) is 3.08. The van der Waals surface area contributed by atoms with Crippen LogP contribution in [0.25, 0.3) is 0 Å². The first-order chi connectivity index (χ1) is 14.6. The third-order valence-corrected chi connectivity index (χ3v) is 5.43. The van der Waals surface area contributed by atoms with Crippen LogP contribution in [-0.4, -0.2) is 68.9 Å². The fraction of sp³-hybridized carbons (Fsp3) is 0.550. The number of nitrogens with two attached hydrogens (primary N) is 2. The molecule has 2 amide bonds. The first-order valence-electron chi connectivity index (χ1n) is 10.0. The highest BCUT2D eigenvalue weighted by atomic mass is 32.2. The average Bonchev–Trinajstić information content (AvgIpc) is 2.71. The molecule has 0 aliphatic carbocycles. The number of carbonyl (C=O) groups excluding carboxylic acids is 2. The minimum atomic E-state index is -1.21. The van der Waals surface area contributed by atoms with E-state index in [0.717, 1.165) is 5.56 Å². The highest BCUT2D eigenvalue weighted by Gasteiger charge is 2.28. The third kappa shape index (κ3) is 10.4. The molecule has 1 aromatic rings. The van der Waals surface area contributed by atoms with Crippen LogP contribution >= 0.6 is 0 Å². The van der Waals surface area contributed by atoms with Gasteiger partial charge in [-0.1, -0.05) is 12.1 Å². The van der Waals surface area contributed by atoms with Crippen LogP contribution in [-0.2, 0) is 31.6 Å². The van der Waals surface area contributed by atoms with Crippen LogP contribution in [0.15, 0.2) is 24.3 Å². The molecule has 8 N–H and O–H groups in total. The Bertz CT molecular complexity index is 759. The first-order valence-corrected chi connectivity index (χ1v) is 11.7. The van der Waals surface area contributed by atoms with Gasteiger partial charge in [-0.25, -0.2) is 4.79 Å². The van der Waals surface area contributed by atoms with Crippen molar-refractivity contribution in [2.75, 3.05) is 18.6 Å². The van der Waals surface area contributed by atoms with Gasteiger partial charge in [0, 0.05) is 22.8 Å². The van der Waals surface area contributed by atoms with Crippen LogP contribution in [0, 0.1) is 0 Å². The summed E-state index contributed by atoms with van der Waals surface area (Å²) in [5, 5.41) is 23.7. The first kappa shape index (κ1) is 26.5. The van der Waals surface area contributed by atoms with E-state index in [9.17, 15) is 28.8 Å². The number of nitrogens with one attached hydrogen (secondary N) is 2. The van der Waals surface area contributed by atoms with Crippen molar-refractivity contribution in [3.63, 3.8) is 0 Å². The zero-order chi connectivity index (χ0) is 23.4. The number of rotatable bonds is 14. The molecule has 0 fully saturated rings. The quantitative estimate of drug-likeness (QED) is 0.197. The maximum Gasteiger partial charge on any atom is 0.326 e. The molecule has 174 valence electrons. The van der Waals surface area contributed by atoms with Crippen LogP contribution in [0.4, 0.5) is 0 Å². The lowest BCUT2D eigenvalue weighted by Gasteiger charge is -2.23. The van der Waals surface area contributed by atoms with E-state index < -0.39 is 46.7 Å². The van der Waals surface area contributed by atoms with Gasteiger partial charge >= 0.3 is 5.97 Å². The molecule has 0 saturated heterocycles. The lowest BCUT2D eigenvalue weighted by atomic mass is 10.0. The van der Waals surface area contributed by atoms with Crippen molar-refractivity contribution < 1.29 is 28.8 Å². The Kier molecular flexibility index (Phi) is 11.8. The smallest absolute Gasteiger partial charge is 0.326 e. The van der Waals surface area contributed by atoms with Crippen LogP contribution in [0.2, 0.25) is 0 Å². The van der Waals surface area contributed by atoms with Gasteiger partial charge in [-0.15, -0.1) is 0 Å². The van der Waals surface area contributed by atoms with Gasteiger partial charge in [0.25, 0.3) is 0 Å². The summed E-state index contributed by atoms with van der Waals surface area (Å²) in [5.41, 5.74) is 12.1. The molecule has 1 rings (SSSR count). The maximum absolute atomic E-state index is 12.7. The molecule has 4 unspecified atom stereocenters. The fourth-order valence-corrected chi connectivity index (χ4v) is 3.40. The lowest BCUT2D eigenvalue weighted by molar-refractivity contribution is -0.142. The van der Waals surface area contributed by atoms with E-state index in [1.165, 1.54) is 18.4 Å². The van der Waals surface area contributed by atoms with Crippen molar-refractivity contribution >= 4 is 28.6 Å². The van der Waals surface area contributed by atoms with Crippen molar-refractivity contribution in [3.8, 4) is 5.75 Å². The summed E-state index contributed by atoms with van der Waals surface area (Å²) in [6.45, 7) is 0.417. The average molecular weight is 457 g/mol. The summed E-state index contributed by atoms with van der Waals surface area (Å²) in [7, 11) is -1.21. The van der Waals surface area contributed by atoms with Crippen molar-refractivity contribution in [1.82, 2.24) is 10.6 Å². The van der Waals surface area contributed by atoms with Gasteiger partial charge in [0.2, 0.25) is 11.8 Å². The molecule has 0 heterocycles. The van der Waals surface area contributed by atoms with Gasteiger partial charge in [0.15, 0.2) is 0 Å². The van der Waals surface area contributed by atoms with Gasteiger partial charge in [0.05, 0.1) is 6.04 Å². The molecular formula is C20H32N4O6S. The molecule has 4 atom stereocenters. The normalized spacial score (nSPS) is 14.8. The van der Waals surface area contributed by atoms with E-state index in [0.29, 0.717) is 19.4 Å². The van der Waals surface area contributed by atoms with Crippen LogP contribution in [0.5, 0.6) is 5.75 Å². The minimum Gasteiger partial charge on any atom is -0.508 e. The van der Waals surface area contributed by atoms with E-state index in [2.05, 4.69) is 10.6 Å². The second-order valence-electron chi connectivity index (χ2n) is 7.29. The summed E-state index contributed by atoms with van der Waals surface area (Å²) in [5.74, 6) is -2.21. The Labute approximate surface area is 184 Å². The molecule has 0 radical (unpaired) electrons. The molecule has 10 nitrogen and oxygen atoms in total. The second-order valence-corrected chi connectivity index (χ2v) is 8.84. The number of phenols is 1. The Morgan fingerprint density at radius 3 is 2.19 bits per heavy atom. The maximum atomic E-state index is 12.7. The van der Waals surface area contributed by atoms with Crippen LogP contribution in [0.3, 0.4) is 0 Å². The molecule has 0 spiro atoms. The van der Waals surface area contributed by atoms with E-state index in [4.69, 9.17) is 11.5 Å². The summed E-state index contributed by atoms with van der Waals surface area (Å²) in [4.78, 5) is 36.7. The largest absolute Gasteiger partial charge is 0.508 e. The van der Waals surface area contributed by atoms with E-state index >= 15 is 0 Å². The number of carboxylic acid groups (broad SMARTS) is 1. The predicted molar refractivity (Wildman–Crippen MR) is 118 cm³/mol. The molecule has 11 heteroatoms.